The van der Waals surface area contributed by atoms with Crippen LogP contribution in [-0.2, 0) is 30.3 Å². The Kier molecular flexibility index (Phi) is 13.0. The molecule has 0 radical (unpaired) electrons. The van der Waals surface area contributed by atoms with E-state index in [2.05, 4.69) is 37.3 Å². The number of aliphatic hydroxyl groups is 1. The lowest BCUT2D eigenvalue weighted by Gasteiger charge is -2.30. The number of allylic oxidation sites excluding steroid dienone is 1. The van der Waals surface area contributed by atoms with Gasteiger partial charge in [0.15, 0.2) is 12.6 Å². The number of rotatable bonds is 16. The number of hydrogen-bond acceptors (Lipinski definition) is 6. The Morgan fingerprint density at radius 1 is 1.00 bits per heavy atom. The van der Waals surface area contributed by atoms with Crippen LogP contribution in [-0.4, -0.2) is 56.3 Å². The molecule has 4 aliphatic rings. The highest BCUT2D eigenvalue weighted by molar-refractivity contribution is 5.24. The zero-order valence-corrected chi connectivity index (χ0v) is 25.7. The van der Waals surface area contributed by atoms with Crippen LogP contribution in [0.25, 0.3) is 0 Å². The molecule has 2 heterocycles. The van der Waals surface area contributed by atoms with Gasteiger partial charge in [-0.15, -0.1) is 0 Å². The summed E-state index contributed by atoms with van der Waals surface area (Å²) in [6.45, 7) is 5.08. The summed E-state index contributed by atoms with van der Waals surface area (Å²) < 4.78 is 31.2. The van der Waals surface area contributed by atoms with Crippen LogP contribution in [0, 0.1) is 23.7 Å². The Labute approximate surface area is 253 Å². The van der Waals surface area contributed by atoms with Crippen LogP contribution in [0.3, 0.4) is 0 Å². The number of fused-ring (bicyclic) bond motifs is 1. The third kappa shape index (κ3) is 9.23. The first-order valence-corrected chi connectivity index (χ1v) is 16.9. The molecule has 1 N–H and O–H groups in total. The van der Waals surface area contributed by atoms with Crippen LogP contribution in [0.15, 0.2) is 54.1 Å². The molecule has 8 atom stereocenters. The van der Waals surface area contributed by atoms with Crippen molar-refractivity contribution in [3.63, 3.8) is 0 Å². The molecular formula is C36H54O6. The number of aliphatic hydroxyl groups excluding tert-OH is 1. The summed E-state index contributed by atoms with van der Waals surface area (Å²) in [6, 6.07) is 10.3. The summed E-state index contributed by atoms with van der Waals surface area (Å²) in [4.78, 5) is 0. The maximum Gasteiger partial charge on any atom is 0.158 e. The highest BCUT2D eigenvalue weighted by atomic mass is 16.7. The van der Waals surface area contributed by atoms with E-state index in [1.54, 1.807) is 0 Å². The molecule has 0 bridgehead atoms. The van der Waals surface area contributed by atoms with Crippen molar-refractivity contribution >= 4 is 0 Å². The second-order valence-corrected chi connectivity index (χ2v) is 12.8. The van der Waals surface area contributed by atoms with Crippen molar-refractivity contribution in [3.05, 3.63) is 59.7 Å². The highest BCUT2D eigenvalue weighted by Crippen LogP contribution is 2.50. The smallest absolute Gasteiger partial charge is 0.158 e. The molecule has 2 aliphatic carbocycles. The summed E-state index contributed by atoms with van der Waals surface area (Å²) in [5.41, 5.74) is 2.51. The topological polar surface area (TPSA) is 66.4 Å². The molecular weight excluding hydrogens is 528 g/mol. The van der Waals surface area contributed by atoms with Crippen molar-refractivity contribution in [1.29, 1.82) is 0 Å². The third-order valence-corrected chi connectivity index (χ3v) is 9.60. The van der Waals surface area contributed by atoms with Crippen LogP contribution in [0.1, 0.15) is 89.5 Å². The van der Waals surface area contributed by atoms with Gasteiger partial charge in [0.25, 0.3) is 0 Å². The second-order valence-electron chi connectivity index (χ2n) is 12.8. The standard InChI is InChI=1S/C36H54O6/c1-2-3-5-14-31(41-35-15-8-10-19-39-35)17-18-32-33-22-28(30(24-37)26-38-25-27-12-6-4-7-13-27)21-29(33)23-34(32)42-36-16-9-11-20-40-36/h4,6-7,12-13,17-18,22,29-37H,2-3,5,8-11,14-16,19-21,23-26H2,1H3/b18-17+/t29-,30?,31-,32+,33-,34+,35?,36?/m0/s1. The van der Waals surface area contributed by atoms with Crippen molar-refractivity contribution in [2.75, 3.05) is 26.4 Å². The quantitative estimate of drug-likeness (QED) is 0.162. The van der Waals surface area contributed by atoms with Crippen LogP contribution in [0.2, 0.25) is 0 Å². The van der Waals surface area contributed by atoms with E-state index in [1.807, 2.05) is 18.2 Å². The van der Waals surface area contributed by atoms with E-state index in [4.69, 9.17) is 23.7 Å². The number of benzene rings is 1. The van der Waals surface area contributed by atoms with Gasteiger partial charge >= 0.3 is 0 Å². The van der Waals surface area contributed by atoms with Crippen LogP contribution in [0.5, 0.6) is 0 Å². The fraction of sp³-hybridized carbons (Fsp3) is 0.722. The lowest BCUT2D eigenvalue weighted by molar-refractivity contribution is -0.192. The molecule has 0 spiro atoms. The molecule has 234 valence electrons. The monoisotopic (exact) mass is 582 g/mol. The maximum absolute atomic E-state index is 10.3. The normalized spacial score (nSPS) is 31.2. The highest BCUT2D eigenvalue weighted by Gasteiger charge is 2.46. The zero-order chi connectivity index (χ0) is 29.0. The average Bonchev–Trinajstić information content (AvgIpc) is 3.57. The van der Waals surface area contributed by atoms with Gasteiger partial charge in [-0.2, -0.15) is 0 Å². The minimum absolute atomic E-state index is 0.0403. The third-order valence-electron chi connectivity index (χ3n) is 9.60. The van der Waals surface area contributed by atoms with Crippen molar-refractivity contribution < 1.29 is 28.8 Å². The van der Waals surface area contributed by atoms with Gasteiger partial charge in [-0.3, -0.25) is 0 Å². The Morgan fingerprint density at radius 3 is 2.50 bits per heavy atom. The molecule has 0 aromatic heterocycles. The van der Waals surface area contributed by atoms with E-state index in [0.29, 0.717) is 25.0 Å². The molecule has 3 unspecified atom stereocenters. The van der Waals surface area contributed by atoms with E-state index in [0.717, 1.165) is 70.1 Å². The van der Waals surface area contributed by atoms with Crippen molar-refractivity contribution in [2.45, 2.75) is 115 Å². The molecule has 0 amide bonds. The van der Waals surface area contributed by atoms with E-state index in [9.17, 15) is 5.11 Å². The molecule has 3 fully saturated rings. The molecule has 6 heteroatoms. The summed E-state index contributed by atoms with van der Waals surface area (Å²) in [7, 11) is 0. The molecule has 2 aliphatic heterocycles. The van der Waals surface area contributed by atoms with Gasteiger partial charge in [-0.05, 0) is 75.2 Å². The van der Waals surface area contributed by atoms with Crippen molar-refractivity contribution in [3.8, 4) is 0 Å². The first-order valence-electron chi connectivity index (χ1n) is 16.9. The maximum atomic E-state index is 10.3. The Morgan fingerprint density at radius 2 is 1.79 bits per heavy atom. The second kappa shape index (κ2) is 17.1. The van der Waals surface area contributed by atoms with Gasteiger partial charge in [-0.1, -0.05) is 80.3 Å². The SMILES string of the molecule is CCCCC[C@@H](/C=C/[C@@H]1[C@H]2C=C(C(CO)COCc3ccccc3)C[C@H]2C[C@H]1OC1CCCCO1)OC1CCCCO1. The van der Waals surface area contributed by atoms with Crippen LogP contribution >= 0.6 is 0 Å². The Balaban J connectivity index is 1.27. The predicted molar refractivity (Wildman–Crippen MR) is 165 cm³/mol. The predicted octanol–water partition coefficient (Wildman–Crippen LogP) is 7.35. The lowest BCUT2D eigenvalue weighted by Crippen LogP contribution is -2.31. The van der Waals surface area contributed by atoms with Gasteiger partial charge in [-0.25, -0.2) is 0 Å². The first-order chi connectivity index (χ1) is 20.7. The van der Waals surface area contributed by atoms with Crippen molar-refractivity contribution in [2.24, 2.45) is 23.7 Å². The fourth-order valence-electron chi connectivity index (χ4n) is 7.22. The molecule has 6 nitrogen and oxygen atoms in total. The van der Waals surface area contributed by atoms with E-state index >= 15 is 0 Å². The largest absolute Gasteiger partial charge is 0.396 e. The van der Waals surface area contributed by atoms with E-state index in [1.165, 1.54) is 31.3 Å². The Bertz CT molecular complexity index is 951. The van der Waals surface area contributed by atoms with E-state index in [-0.39, 0.29) is 43.2 Å². The number of ether oxygens (including phenoxy) is 5. The minimum atomic E-state index is -0.0919. The minimum Gasteiger partial charge on any atom is -0.396 e. The summed E-state index contributed by atoms with van der Waals surface area (Å²) in [5.74, 6) is 1.23. The van der Waals surface area contributed by atoms with Crippen LogP contribution in [0.4, 0.5) is 0 Å². The van der Waals surface area contributed by atoms with E-state index < -0.39 is 0 Å². The summed E-state index contributed by atoms with van der Waals surface area (Å²) >= 11 is 0. The first kappa shape index (κ1) is 31.9. The molecule has 1 saturated carbocycles. The van der Waals surface area contributed by atoms with Gasteiger partial charge < -0.3 is 28.8 Å². The fourth-order valence-corrected chi connectivity index (χ4v) is 7.22. The van der Waals surface area contributed by atoms with Crippen molar-refractivity contribution in [1.82, 2.24) is 0 Å². The van der Waals surface area contributed by atoms with Crippen LogP contribution < -0.4 is 0 Å². The summed E-state index contributed by atoms with van der Waals surface area (Å²) in [6.07, 6.45) is 20.4. The zero-order valence-electron chi connectivity index (χ0n) is 25.7. The molecule has 42 heavy (non-hydrogen) atoms. The lowest BCUT2D eigenvalue weighted by atomic mass is 9.91. The van der Waals surface area contributed by atoms with Gasteiger partial charge in [0.1, 0.15) is 0 Å². The molecule has 1 aromatic carbocycles. The van der Waals surface area contributed by atoms with Gasteiger partial charge in [0, 0.05) is 25.0 Å². The Hall–Kier alpha value is -1.54. The molecule has 1 aromatic rings. The summed E-state index contributed by atoms with van der Waals surface area (Å²) in [5, 5.41) is 10.3. The van der Waals surface area contributed by atoms with Gasteiger partial charge in [0.05, 0.1) is 32.0 Å². The number of unbranched alkanes of at least 4 members (excludes halogenated alkanes) is 2. The van der Waals surface area contributed by atoms with Gasteiger partial charge in [0.2, 0.25) is 0 Å². The average molecular weight is 583 g/mol. The molecule has 5 rings (SSSR count). The molecule has 2 saturated heterocycles. The number of hydrogen-bond donors (Lipinski definition) is 1.